The Balaban J connectivity index is 1.17. The van der Waals surface area contributed by atoms with Crippen LogP contribution in [0.4, 0.5) is 18.9 Å². The first kappa shape index (κ1) is 32.3. The van der Waals surface area contributed by atoms with Crippen LogP contribution in [0.3, 0.4) is 0 Å². The van der Waals surface area contributed by atoms with Gasteiger partial charge < -0.3 is 15.1 Å². The van der Waals surface area contributed by atoms with E-state index >= 15 is 0 Å². The first-order chi connectivity index (χ1) is 20.9. The minimum absolute atomic E-state index is 0.0350. The summed E-state index contributed by atoms with van der Waals surface area (Å²) in [5.41, 5.74) is 1.18. The van der Waals surface area contributed by atoms with Gasteiger partial charge in [-0.15, -0.1) is 0 Å². The molecule has 0 saturated carbocycles. The smallest absolute Gasteiger partial charge is 0.349 e. The molecule has 2 atom stereocenters. The number of aryl methyl sites for hydroxylation is 1. The maximum atomic E-state index is 13.8. The Morgan fingerprint density at radius 3 is 2.18 bits per heavy atom. The number of fused-ring (bicyclic) bond motifs is 2. The largest absolute Gasteiger partial charge is 0.416 e. The summed E-state index contributed by atoms with van der Waals surface area (Å²) in [6.45, 7) is 6.03. The maximum Gasteiger partial charge on any atom is 0.416 e. The molecule has 3 saturated heterocycles. The van der Waals surface area contributed by atoms with Crippen LogP contribution in [0.15, 0.2) is 42.5 Å². The van der Waals surface area contributed by atoms with Crippen LogP contribution in [0, 0.1) is 12.8 Å². The minimum Gasteiger partial charge on any atom is -0.349 e. The highest BCUT2D eigenvalue weighted by atomic mass is 35.5. The van der Waals surface area contributed by atoms with Gasteiger partial charge in [0.15, 0.2) is 0 Å². The van der Waals surface area contributed by atoms with Crippen molar-refractivity contribution in [3.63, 3.8) is 0 Å². The van der Waals surface area contributed by atoms with Crippen molar-refractivity contribution in [1.29, 1.82) is 0 Å². The Bertz CT molecular complexity index is 1350. The molecule has 44 heavy (non-hydrogen) atoms. The van der Waals surface area contributed by atoms with Gasteiger partial charge in [0.05, 0.1) is 5.56 Å². The zero-order valence-electron chi connectivity index (χ0n) is 25.2. The number of carbonyl (C=O) groups is 3. The van der Waals surface area contributed by atoms with Crippen LogP contribution in [0.1, 0.15) is 73.4 Å². The molecule has 11 heteroatoms. The van der Waals surface area contributed by atoms with E-state index in [-0.39, 0.29) is 35.2 Å². The second-order valence-corrected chi connectivity index (χ2v) is 12.8. The van der Waals surface area contributed by atoms with Crippen LogP contribution in [0.25, 0.3) is 0 Å². The number of alkyl halides is 3. The molecule has 0 aliphatic carbocycles. The number of nitrogens with zero attached hydrogens (tertiary/aromatic N) is 3. The van der Waals surface area contributed by atoms with E-state index in [1.807, 2.05) is 30.0 Å². The molecular weight excluding hydrogens is 593 g/mol. The maximum absolute atomic E-state index is 13.8. The van der Waals surface area contributed by atoms with E-state index in [4.69, 9.17) is 11.6 Å². The first-order valence-electron chi connectivity index (χ1n) is 15.5. The van der Waals surface area contributed by atoms with Crippen LogP contribution in [0.5, 0.6) is 0 Å². The summed E-state index contributed by atoms with van der Waals surface area (Å²) in [4.78, 5) is 44.5. The molecule has 3 aliphatic rings. The van der Waals surface area contributed by atoms with Crippen LogP contribution in [0.2, 0.25) is 5.02 Å². The van der Waals surface area contributed by atoms with E-state index in [0.29, 0.717) is 49.6 Å². The first-order valence-corrected chi connectivity index (χ1v) is 15.9. The summed E-state index contributed by atoms with van der Waals surface area (Å²) in [6, 6.07) is 10.6. The van der Waals surface area contributed by atoms with Crippen LogP contribution in [-0.4, -0.2) is 71.8 Å². The Morgan fingerprint density at radius 1 is 0.977 bits per heavy atom. The fraction of sp³-hybridized carbons (Fsp3) is 0.545. The highest BCUT2D eigenvalue weighted by Crippen LogP contribution is 2.36. The van der Waals surface area contributed by atoms with Gasteiger partial charge in [0, 0.05) is 73.4 Å². The fourth-order valence-electron chi connectivity index (χ4n) is 7.03. The monoisotopic (exact) mass is 632 g/mol. The number of rotatable bonds is 8. The van der Waals surface area contributed by atoms with Gasteiger partial charge in [-0.1, -0.05) is 17.7 Å². The molecule has 1 N–H and O–H groups in total. The molecule has 2 aromatic rings. The van der Waals surface area contributed by atoms with E-state index in [0.717, 1.165) is 62.0 Å². The van der Waals surface area contributed by atoms with Crippen LogP contribution in [-0.2, 0) is 15.8 Å². The van der Waals surface area contributed by atoms with Crippen molar-refractivity contribution in [2.75, 3.05) is 31.1 Å². The predicted octanol–water partition coefficient (Wildman–Crippen LogP) is 6.07. The average molecular weight is 633 g/mol. The molecule has 2 bridgehead atoms. The molecule has 0 radical (unpaired) electrons. The summed E-state index contributed by atoms with van der Waals surface area (Å²) < 4.78 is 38.7. The molecular formula is C33H40ClF3N4O3. The van der Waals surface area contributed by atoms with Gasteiger partial charge in [0.25, 0.3) is 5.91 Å². The average Bonchev–Trinajstić information content (AvgIpc) is 3.23. The van der Waals surface area contributed by atoms with E-state index in [1.165, 1.54) is 12.1 Å². The van der Waals surface area contributed by atoms with Crippen molar-refractivity contribution in [3.05, 3.63) is 64.2 Å². The Hall–Kier alpha value is -3.11. The van der Waals surface area contributed by atoms with Crippen molar-refractivity contribution >= 4 is 35.0 Å². The number of amides is 3. The van der Waals surface area contributed by atoms with Crippen molar-refractivity contribution in [2.45, 2.75) is 83.1 Å². The molecule has 238 valence electrons. The third-order valence-electron chi connectivity index (χ3n) is 9.51. The number of hydrogen-bond acceptors (Lipinski definition) is 4. The highest BCUT2D eigenvalue weighted by molar-refractivity contribution is 6.31. The lowest BCUT2D eigenvalue weighted by atomic mass is 9.94. The Morgan fingerprint density at radius 2 is 1.61 bits per heavy atom. The number of nitrogens with one attached hydrogen (secondary N) is 1. The summed E-state index contributed by atoms with van der Waals surface area (Å²) in [5.74, 6) is -0.390. The van der Waals surface area contributed by atoms with E-state index < -0.39 is 11.7 Å². The van der Waals surface area contributed by atoms with Crippen molar-refractivity contribution in [3.8, 4) is 0 Å². The summed E-state index contributed by atoms with van der Waals surface area (Å²) >= 11 is 6.45. The van der Waals surface area contributed by atoms with Gasteiger partial charge in [-0.2, -0.15) is 13.2 Å². The Labute approximate surface area is 261 Å². The zero-order valence-corrected chi connectivity index (χ0v) is 26.0. The number of halogens is 4. The number of carbonyl (C=O) groups excluding carboxylic acids is 3. The SMILES string of the molecule is CC(=O)N1CCC(C(=O)N(CCCN2C3CCC2CC(NC(=O)c2ccc(C(F)(F)F)cc2)C3)c2ccc(C)c(Cl)c2)CC1. The van der Waals surface area contributed by atoms with E-state index in [9.17, 15) is 27.6 Å². The highest BCUT2D eigenvalue weighted by Gasteiger charge is 2.41. The van der Waals surface area contributed by atoms with Crippen molar-refractivity contribution in [1.82, 2.24) is 15.1 Å². The molecule has 0 aromatic heterocycles. The number of likely N-dealkylation sites (tertiary alicyclic amines) is 1. The van der Waals surface area contributed by atoms with E-state index in [1.54, 1.807) is 11.8 Å². The van der Waals surface area contributed by atoms with Crippen LogP contribution < -0.4 is 10.2 Å². The third-order valence-corrected chi connectivity index (χ3v) is 9.92. The van der Waals surface area contributed by atoms with Gasteiger partial charge in [0.2, 0.25) is 11.8 Å². The lowest BCUT2D eigenvalue weighted by Gasteiger charge is -2.40. The molecule has 3 amide bonds. The molecule has 0 spiro atoms. The summed E-state index contributed by atoms with van der Waals surface area (Å²) in [5, 5.41) is 3.66. The standard InChI is InChI=1S/C33H40ClF3N4O3/c1-21-4-9-29(20-30(21)34)41(32(44)24-12-16-39(17-13-24)22(2)42)15-3-14-40-27-10-11-28(40)19-26(18-27)38-31(43)23-5-7-25(8-6-23)33(35,36)37/h4-9,20,24,26-28H,3,10-19H2,1-2H3,(H,38,43). The molecule has 3 heterocycles. The molecule has 5 rings (SSSR count). The lowest BCUT2D eigenvalue weighted by molar-refractivity contribution is -0.137. The van der Waals surface area contributed by atoms with Gasteiger partial charge in [-0.25, -0.2) is 0 Å². The number of piperidine rings is 2. The molecule has 2 unspecified atom stereocenters. The summed E-state index contributed by atoms with van der Waals surface area (Å²) in [6.07, 6.45) is 1.26. The van der Waals surface area contributed by atoms with Crippen LogP contribution >= 0.6 is 11.6 Å². The summed E-state index contributed by atoms with van der Waals surface area (Å²) in [7, 11) is 0. The number of hydrogen-bond donors (Lipinski definition) is 1. The second kappa shape index (κ2) is 13.5. The van der Waals surface area contributed by atoms with Crippen molar-refractivity contribution < 1.29 is 27.6 Å². The molecule has 3 aliphatic heterocycles. The number of benzene rings is 2. The Kier molecular flexibility index (Phi) is 9.89. The zero-order chi connectivity index (χ0) is 31.6. The third kappa shape index (κ3) is 7.40. The van der Waals surface area contributed by atoms with Gasteiger partial charge in [-0.05, 0) is 93.8 Å². The van der Waals surface area contributed by atoms with Gasteiger partial charge in [-0.3, -0.25) is 19.3 Å². The quantitative estimate of drug-likeness (QED) is 0.383. The van der Waals surface area contributed by atoms with Gasteiger partial charge in [0.1, 0.15) is 0 Å². The lowest BCUT2D eigenvalue weighted by Crippen LogP contribution is -2.51. The topological polar surface area (TPSA) is 73.0 Å². The number of anilines is 1. The molecule has 7 nitrogen and oxygen atoms in total. The second-order valence-electron chi connectivity index (χ2n) is 12.4. The van der Waals surface area contributed by atoms with Gasteiger partial charge >= 0.3 is 6.18 Å². The molecule has 3 fully saturated rings. The van der Waals surface area contributed by atoms with E-state index in [2.05, 4.69) is 10.2 Å². The predicted molar refractivity (Wildman–Crippen MR) is 164 cm³/mol. The minimum atomic E-state index is -4.44. The van der Waals surface area contributed by atoms with Crippen molar-refractivity contribution in [2.24, 2.45) is 5.92 Å². The normalized spacial score (nSPS) is 22.6. The molecule has 2 aromatic carbocycles. The fourth-order valence-corrected chi connectivity index (χ4v) is 7.20.